The number of carboxylic acids is 1. The molecule has 0 aromatic carbocycles. The lowest BCUT2D eigenvalue weighted by atomic mass is 9.99. The molecule has 130 valence electrons. The predicted molar refractivity (Wildman–Crippen MR) is 72.5 cm³/mol. The zero-order valence-corrected chi connectivity index (χ0v) is 12.0. The molecular formula is C12H24N2O8. The topological polar surface area (TPSA) is 189 Å². The minimum atomic E-state index is -1.55. The average molecular weight is 324 g/mol. The molecule has 1 aliphatic heterocycles. The van der Waals surface area contributed by atoms with Crippen LogP contribution in [0.25, 0.3) is 0 Å². The van der Waals surface area contributed by atoms with Crippen LogP contribution in [0.4, 0.5) is 0 Å². The second kappa shape index (κ2) is 8.70. The Bertz CT molecular complexity index is 356. The first-order valence-electron chi connectivity index (χ1n) is 6.96. The van der Waals surface area contributed by atoms with Crippen molar-refractivity contribution in [2.45, 2.75) is 55.7 Å². The lowest BCUT2D eigenvalue weighted by molar-refractivity contribution is -0.310. The zero-order valence-electron chi connectivity index (χ0n) is 12.0. The number of carboxylic acid groups (broad SMARTS) is 1. The molecule has 7 atom stereocenters. The summed E-state index contributed by atoms with van der Waals surface area (Å²) in [7, 11) is 0. The van der Waals surface area contributed by atoms with E-state index in [1.54, 1.807) is 0 Å². The lowest BCUT2D eigenvalue weighted by Crippen LogP contribution is -2.60. The van der Waals surface area contributed by atoms with E-state index in [1.807, 2.05) is 0 Å². The maximum Gasteiger partial charge on any atom is 0.320 e. The van der Waals surface area contributed by atoms with E-state index in [4.69, 9.17) is 31.2 Å². The van der Waals surface area contributed by atoms with Crippen molar-refractivity contribution in [3.05, 3.63) is 0 Å². The van der Waals surface area contributed by atoms with Crippen LogP contribution in [0.1, 0.15) is 12.8 Å². The highest BCUT2D eigenvalue weighted by atomic mass is 16.7. The van der Waals surface area contributed by atoms with E-state index in [1.165, 1.54) is 0 Å². The molecule has 0 aromatic heterocycles. The van der Waals surface area contributed by atoms with Gasteiger partial charge >= 0.3 is 5.97 Å². The van der Waals surface area contributed by atoms with Crippen molar-refractivity contribution in [2.75, 3.05) is 13.2 Å². The fraction of sp³-hybridized carbons (Fsp3) is 0.917. The Balaban J connectivity index is 2.59. The molecule has 10 nitrogen and oxygen atoms in total. The molecule has 1 fully saturated rings. The molecule has 1 heterocycles. The number of aliphatic hydroxyl groups is 4. The van der Waals surface area contributed by atoms with Gasteiger partial charge in [0.1, 0.15) is 30.5 Å². The summed E-state index contributed by atoms with van der Waals surface area (Å²) in [4.78, 5) is 10.7. The Morgan fingerprint density at radius 2 is 1.82 bits per heavy atom. The van der Waals surface area contributed by atoms with Crippen molar-refractivity contribution in [2.24, 2.45) is 11.5 Å². The molecule has 1 rings (SSSR count). The van der Waals surface area contributed by atoms with Crippen LogP contribution in [-0.2, 0) is 14.3 Å². The van der Waals surface area contributed by atoms with Crippen molar-refractivity contribution in [3.63, 3.8) is 0 Å². The zero-order chi connectivity index (χ0) is 16.9. The van der Waals surface area contributed by atoms with Gasteiger partial charge in [-0.3, -0.25) is 4.79 Å². The van der Waals surface area contributed by atoms with E-state index in [9.17, 15) is 20.1 Å². The quantitative estimate of drug-likeness (QED) is 0.234. The third kappa shape index (κ3) is 4.83. The number of aliphatic carboxylic acids is 1. The highest BCUT2D eigenvalue weighted by Crippen LogP contribution is 2.23. The summed E-state index contributed by atoms with van der Waals surface area (Å²) in [5.74, 6) is -1.15. The highest BCUT2D eigenvalue weighted by Gasteiger charge is 2.44. The number of hydrogen-bond donors (Lipinski definition) is 7. The van der Waals surface area contributed by atoms with E-state index in [0.29, 0.717) is 0 Å². The van der Waals surface area contributed by atoms with E-state index in [-0.39, 0.29) is 19.4 Å². The number of rotatable bonds is 8. The molecule has 0 amide bonds. The summed E-state index contributed by atoms with van der Waals surface area (Å²) in [6.45, 7) is -0.552. The van der Waals surface area contributed by atoms with Gasteiger partial charge in [0.05, 0.1) is 12.7 Å². The minimum Gasteiger partial charge on any atom is -0.480 e. The van der Waals surface area contributed by atoms with Crippen molar-refractivity contribution in [3.8, 4) is 0 Å². The van der Waals surface area contributed by atoms with E-state index in [2.05, 4.69) is 0 Å². The van der Waals surface area contributed by atoms with Gasteiger partial charge in [0.25, 0.3) is 0 Å². The summed E-state index contributed by atoms with van der Waals surface area (Å²) in [5.41, 5.74) is 10.9. The van der Waals surface area contributed by atoms with Crippen LogP contribution in [0.15, 0.2) is 0 Å². The molecule has 0 aromatic rings. The van der Waals surface area contributed by atoms with Gasteiger partial charge in [-0.2, -0.15) is 0 Å². The summed E-state index contributed by atoms with van der Waals surface area (Å²) >= 11 is 0. The Morgan fingerprint density at radius 3 is 2.32 bits per heavy atom. The van der Waals surface area contributed by atoms with Crippen molar-refractivity contribution < 1.29 is 39.8 Å². The number of ether oxygens (including phenoxy) is 2. The van der Waals surface area contributed by atoms with Gasteiger partial charge in [0.2, 0.25) is 0 Å². The number of aliphatic hydroxyl groups excluding tert-OH is 4. The summed E-state index contributed by atoms with van der Waals surface area (Å²) in [5, 5.41) is 46.9. The summed E-state index contributed by atoms with van der Waals surface area (Å²) < 4.78 is 10.6. The molecule has 10 heteroatoms. The first-order chi connectivity index (χ1) is 10.3. The molecule has 9 N–H and O–H groups in total. The van der Waals surface area contributed by atoms with Crippen LogP contribution in [-0.4, -0.2) is 87.5 Å². The average Bonchev–Trinajstić information content (AvgIpc) is 2.50. The van der Waals surface area contributed by atoms with Crippen molar-refractivity contribution in [1.29, 1.82) is 0 Å². The molecule has 0 spiro atoms. The molecular weight excluding hydrogens is 300 g/mol. The third-order valence-corrected chi connectivity index (χ3v) is 3.55. The Morgan fingerprint density at radius 1 is 1.18 bits per heavy atom. The van der Waals surface area contributed by atoms with Gasteiger partial charge in [-0.1, -0.05) is 0 Å². The van der Waals surface area contributed by atoms with E-state index >= 15 is 0 Å². The first kappa shape index (κ1) is 19.2. The Labute approximate surface area is 127 Å². The lowest BCUT2D eigenvalue weighted by Gasteiger charge is -2.40. The second-order valence-corrected chi connectivity index (χ2v) is 5.21. The fourth-order valence-corrected chi connectivity index (χ4v) is 2.10. The van der Waals surface area contributed by atoms with Crippen molar-refractivity contribution in [1.82, 2.24) is 0 Å². The van der Waals surface area contributed by atoms with Gasteiger partial charge in [0, 0.05) is 6.54 Å². The second-order valence-electron chi connectivity index (χ2n) is 5.21. The maximum absolute atomic E-state index is 10.7. The van der Waals surface area contributed by atoms with E-state index < -0.39 is 55.4 Å². The van der Waals surface area contributed by atoms with Crippen molar-refractivity contribution >= 4 is 5.97 Å². The Kier molecular flexibility index (Phi) is 7.59. The van der Waals surface area contributed by atoms with Crippen LogP contribution < -0.4 is 11.5 Å². The summed E-state index contributed by atoms with van der Waals surface area (Å²) in [6.07, 6.45) is -7.28. The molecule has 1 saturated heterocycles. The highest BCUT2D eigenvalue weighted by molar-refractivity contribution is 5.72. The molecule has 0 aliphatic carbocycles. The largest absolute Gasteiger partial charge is 0.480 e. The van der Waals surface area contributed by atoms with Crippen LogP contribution in [0.2, 0.25) is 0 Å². The number of nitrogens with two attached hydrogens (primary N) is 2. The third-order valence-electron chi connectivity index (χ3n) is 3.55. The normalized spacial score (nSPS) is 35.1. The smallest absolute Gasteiger partial charge is 0.320 e. The predicted octanol–water partition coefficient (Wildman–Crippen LogP) is -3.68. The molecule has 2 unspecified atom stereocenters. The van der Waals surface area contributed by atoms with Crippen LogP contribution in [0.3, 0.4) is 0 Å². The van der Waals surface area contributed by atoms with Crippen LogP contribution in [0.5, 0.6) is 0 Å². The molecule has 1 aliphatic rings. The fourth-order valence-electron chi connectivity index (χ4n) is 2.10. The van der Waals surface area contributed by atoms with Gasteiger partial charge < -0.3 is 46.5 Å². The van der Waals surface area contributed by atoms with Gasteiger partial charge in [-0.15, -0.1) is 0 Å². The monoisotopic (exact) mass is 324 g/mol. The van der Waals surface area contributed by atoms with Crippen LogP contribution in [0, 0.1) is 0 Å². The van der Waals surface area contributed by atoms with Gasteiger partial charge in [-0.05, 0) is 12.8 Å². The molecule has 0 bridgehead atoms. The summed E-state index contributed by atoms with van der Waals surface area (Å²) in [6, 6.07) is -1.06. The number of hydrogen-bond acceptors (Lipinski definition) is 9. The number of carbonyl (C=O) groups is 1. The molecule has 0 radical (unpaired) electrons. The Hall–Kier alpha value is -0.850. The molecule has 0 saturated carbocycles. The SMILES string of the molecule is NCC(CC[C@H](N)C(=O)O)OC1O[C@H](CO)[C@H](O)[C@H](O)[C@H]1O. The maximum atomic E-state index is 10.7. The van der Waals surface area contributed by atoms with Gasteiger partial charge in [0.15, 0.2) is 6.29 Å². The van der Waals surface area contributed by atoms with Gasteiger partial charge in [-0.25, -0.2) is 0 Å². The van der Waals surface area contributed by atoms with E-state index in [0.717, 1.165) is 0 Å². The minimum absolute atomic E-state index is 0.0152. The van der Waals surface area contributed by atoms with Crippen LogP contribution >= 0.6 is 0 Å². The molecule has 22 heavy (non-hydrogen) atoms. The standard InChI is InChI=1S/C12H24N2O8/c13-3-5(1-2-6(14)11(19)20)21-12-10(18)9(17)8(16)7(4-15)22-12/h5-10,12,15-18H,1-4,13-14H2,(H,19,20)/t5?,6-,7+,8-,9-,10+,12?/m0/s1. The first-order valence-corrected chi connectivity index (χ1v) is 6.96.